The van der Waals surface area contributed by atoms with E-state index in [1.807, 2.05) is 19.9 Å². The molecular weight excluding hydrogens is 248 g/mol. The minimum Gasteiger partial charge on any atom is -0.324 e. The highest BCUT2D eigenvalue weighted by molar-refractivity contribution is 5.98. The Morgan fingerprint density at radius 2 is 1.70 bits per heavy atom. The van der Waals surface area contributed by atoms with Crippen molar-refractivity contribution in [2.24, 2.45) is 0 Å². The summed E-state index contributed by atoms with van der Waals surface area (Å²) in [5.41, 5.74) is 2.83. The summed E-state index contributed by atoms with van der Waals surface area (Å²) in [4.78, 5) is 12.3. The number of carbonyl (C=O) groups is 1. The van der Waals surface area contributed by atoms with Gasteiger partial charge in [0, 0.05) is 5.69 Å². The van der Waals surface area contributed by atoms with E-state index >= 15 is 0 Å². The Morgan fingerprint density at radius 1 is 1.10 bits per heavy atom. The van der Waals surface area contributed by atoms with E-state index in [4.69, 9.17) is 0 Å². The van der Waals surface area contributed by atoms with Crippen molar-refractivity contribution in [3.63, 3.8) is 0 Å². The van der Waals surface area contributed by atoms with Crippen LogP contribution >= 0.6 is 0 Å². The fourth-order valence-electron chi connectivity index (χ4n) is 1.92. The third kappa shape index (κ3) is 3.83. The molecule has 2 N–H and O–H groups in total. The number of anilines is 1. The van der Waals surface area contributed by atoms with Gasteiger partial charge in [0.1, 0.15) is 0 Å². The summed E-state index contributed by atoms with van der Waals surface area (Å²) in [6.45, 7) is 12.4. The molecule has 0 unspecified atom stereocenters. The van der Waals surface area contributed by atoms with Crippen LogP contribution in [-0.2, 0) is 4.79 Å². The Labute approximate surface area is 123 Å². The normalized spacial score (nSPS) is 12.1. The summed E-state index contributed by atoms with van der Waals surface area (Å²) in [6.07, 6.45) is 0. The van der Waals surface area contributed by atoms with Gasteiger partial charge in [0.05, 0.1) is 5.54 Å². The predicted molar refractivity (Wildman–Crippen MR) is 86.4 cm³/mol. The van der Waals surface area contributed by atoms with Crippen LogP contribution in [-0.4, -0.2) is 18.5 Å². The van der Waals surface area contributed by atoms with Crippen molar-refractivity contribution in [1.29, 1.82) is 0 Å². The molecule has 1 amide bonds. The standard InChI is InChI=1S/C17H28N2O/c1-11(2)13-8-9-15(14(10-13)12(3)4)19-16(20)17(5,6)18-7/h8-12,18H,1-7H3,(H,19,20). The molecule has 0 spiro atoms. The summed E-state index contributed by atoms with van der Waals surface area (Å²) in [7, 11) is 1.80. The molecular formula is C17H28N2O. The molecule has 20 heavy (non-hydrogen) atoms. The molecule has 1 aromatic carbocycles. The lowest BCUT2D eigenvalue weighted by Crippen LogP contribution is -2.48. The smallest absolute Gasteiger partial charge is 0.244 e. The zero-order chi connectivity index (χ0) is 15.5. The third-order valence-electron chi connectivity index (χ3n) is 3.81. The Bertz CT molecular complexity index is 476. The minimum absolute atomic E-state index is 0.0146. The van der Waals surface area contributed by atoms with Crippen molar-refractivity contribution in [2.75, 3.05) is 12.4 Å². The third-order valence-corrected chi connectivity index (χ3v) is 3.81. The lowest BCUT2D eigenvalue weighted by Gasteiger charge is -2.24. The number of nitrogens with one attached hydrogen (secondary N) is 2. The maximum atomic E-state index is 12.3. The van der Waals surface area contributed by atoms with Gasteiger partial charge in [-0.1, -0.05) is 39.8 Å². The second-order valence-electron chi connectivity index (χ2n) is 6.49. The van der Waals surface area contributed by atoms with E-state index in [0.717, 1.165) is 5.69 Å². The van der Waals surface area contributed by atoms with Crippen molar-refractivity contribution in [2.45, 2.75) is 58.9 Å². The Hall–Kier alpha value is -1.35. The van der Waals surface area contributed by atoms with E-state index in [-0.39, 0.29) is 5.91 Å². The molecule has 0 aromatic heterocycles. The van der Waals surface area contributed by atoms with E-state index in [0.29, 0.717) is 11.8 Å². The van der Waals surface area contributed by atoms with Crippen LogP contribution in [0.1, 0.15) is 64.5 Å². The second-order valence-corrected chi connectivity index (χ2v) is 6.49. The molecule has 0 saturated heterocycles. The van der Waals surface area contributed by atoms with Crippen LogP contribution in [0.4, 0.5) is 5.69 Å². The molecule has 112 valence electrons. The Balaban J connectivity index is 3.10. The van der Waals surface area contributed by atoms with E-state index in [1.165, 1.54) is 11.1 Å². The quantitative estimate of drug-likeness (QED) is 0.857. The van der Waals surface area contributed by atoms with Crippen LogP contribution in [0.2, 0.25) is 0 Å². The largest absolute Gasteiger partial charge is 0.324 e. The van der Waals surface area contributed by atoms with Crippen molar-refractivity contribution < 1.29 is 4.79 Å². The highest BCUT2D eigenvalue weighted by atomic mass is 16.2. The Morgan fingerprint density at radius 3 is 2.15 bits per heavy atom. The van der Waals surface area contributed by atoms with Gasteiger partial charge in [-0.2, -0.15) is 0 Å². The fourth-order valence-corrected chi connectivity index (χ4v) is 1.92. The summed E-state index contributed by atoms with van der Waals surface area (Å²) >= 11 is 0. The van der Waals surface area contributed by atoms with Crippen molar-refractivity contribution in [1.82, 2.24) is 5.32 Å². The molecule has 1 rings (SSSR count). The zero-order valence-corrected chi connectivity index (χ0v) is 13.8. The molecule has 0 aliphatic carbocycles. The molecule has 3 nitrogen and oxygen atoms in total. The molecule has 0 fully saturated rings. The molecule has 0 atom stereocenters. The number of benzene rings is 1. The SMILES string of the molecule is CNC(C)(C)C(=O)Nc1ccc(C(C)C)cc1C(C)C. The lowest BCUT2D eigenvalue weighted by molar-refractivity contribution is -0.121. The van der Waals surface area contributed by atoms with Gasteiger partial charge in [-0.3, -0.25) is 4.79 Å². The maximum absolute atomic E-state index is 12.3. The van der Waals surface area contributed by atoms with E-state index < -0.39 is 5.54 Å². The lowest BCUT2D eigenvalue weighted by atomic mass is 9.93. The van der Waals surface area contributed by atoms with Gasteiger partial charge in [0.15, 0.2) is 0 Å². The van der Waals surface area contributed by atoms with Crippen LogP contribution in [0.25, 0.3) is 0 Å². The number of amides is 1. The zero-order valence-electron chi connectivity index (χ0n) is 13.8. The number of hydrogen-bond donors (Lipinski definition) is 2. The van der Waals surface area contributed by atoms with Gasteiger partial charge in [-0.25, -0.2) is 0 Å². The molecule has 0 aliphatic heterocycles. The first-order chi connectivity index (χ1) is 9.19. The first-order valence-electron chi connectivity index (χ1n) is 7.33. The van der Waals surface area contributed by atoms with Gasteiger partial charge in [-0.05, 0) is 49.9 Å². The average molecular weight is 276 g/mol. The summed E-state index contributed by atoms with van der Waals surface area (Å²) in [5.74, 6) is 0.854. The molecule has 0 aliphatic rings. The maximum Gasteiger partial charge on any atom is 0.244 e. The van der Waals surface area contributed by atoms with Gasteiger partial charge in [0.25, 0.3) is 0 Å². The van der Waals surface area contributed by atoms with E-state index in [1.54, 1.807) is 7.05 Å². The van der Waals surface area contributed by atoms with Crippen molar-refractivity contribution in [3.8, 4) is 0 Å². The fraction of sp³-hybridized carbons (Fsp3) is 0.588. The number of carbonyl (C=O) groups excluding carboxylic acids is 1. The van der Waals surface area contributed by atoms with E-state index in [2.05, 4.69) is 50.5 Å². The van der Waals surface area contributed by atoms with Gasteiger partial charge < -0.3 is 10.6 Å². The highest BCUT2D eigenvalue weighted by Gasteiger charge is 2.26. The van der Waals surface area contributed by atoms with Crippen LogP contribution in [0, 0.1) is 0 Å². The second kappa shape index (κ2) is 6.40. The van der Waals surface area contributed by atoms with Gasteiger partial charge in [0.2, 0.25) is 5.91 Å². The Kier molecular flexibility index (Phi) is 5.35. The van der Waals surface area contributed by atoms with Crippen LogP contribution in [0.3, 0.4) is 0 Å². The number of rotatable bonds is 5. The summed E-state index contributed by atoms with van der Waals surface area (Å²) in [5, 5.41) is 6.08. The van der Waals surface area contributed by atoms with Gasteiger partial charge in [-0.15, -0.1) is 0 Å². The van der Waals surface area contributed by atoms with E-state index in [9.17, 15) is 4.79 Å². The first-order valence-corrected chi connectivity index (χ1v) is 7.33. The molecule has 3 heteroatoms. The van der Waals surface area contributed by atoms with Crippen molar-refractivity contribution in [3.05, 3.63) is 29.3 Å². The molecule has 0 radical (unpaired) electrons. The molecule has 0 bridgehead atoms. The highest BCUT2D eigenvalue weighted by Crippen LogP contribution is 2.28. The topological polar surface area (TPSA) is 41.1 Å². The molecule has 0 saturated carbocycles. The summed E-state index contributed by atoms with van der Waals surface area (Å²) < 4.78 is 0. The molecule has 1 aromatic rings. The average Bonchev–Trinajstić information content (AvgIpc) is 2.38. The van der Waals surface area contributed by atoms with Crippen LogP contribution < -0.4 is 10.6 Å². The minimum atomic E-state index is -0.578. The number of hydrogen-bond acceptors (Lipinski definition) is 2. The van der Waals surface area contributed by atoms with Crippen LogP contribution in [0.15, 0.2) is 18.2 Å². The predicted octanol–water partition coefficient (Wildman–Crippen LogP) is 3.87. The van der Waals surface area contributed by atoms with Crippen LogP contribution in [0.5, 0.6) is 0 Å². The van der Waals surface area contributed by atoms with Crippen molar-refractivity contribution >= 4 is 11.6 Å². The monoisotopic (exact) mass is 276 g/mol. The first kappa shape index (κ1) is 16.7. The van der Waals surface area contributed by atoms with Gasteiger partial charge >= 0.3 is 0 Å². The molecule has 0 heterocycles. The summed E-state index contributed by atoms with van der Waals surface area (Å²) in [6, 6.07) is 6.32. The number of likely N-dealkylation sites (N-methyl/N-ethyl adjacent to an activating group) is 1.